The summed E-state index contributed by atoms with van der Waals surface area (Å²) in [6.07, 6.45) is 3.00. The van der Waals surface area contributed by atoms with Crippen molar-refractivity contribution in [1.29, 1.82) is 0 Å². The molecule has 0 radical (unpaired) electrons. The molecule has 140 valence electrons. The monoisotopic (exact) mass is 404 g/mol. The number of thioether (sulfide) groups is 1. The van der Waals surface area contributed by atoms with Gasteiger partial charge in [0.15, 0.2) is 0 Å². The molecule has 1 aliphatic heterocycles. The molecule has 0 bridgehead atoms. The molecule has 3 rings (SSSR count). The van der Waals surface area contributed by atoms with Crippen molar-refractivity contribution in [1.82, 2.24) is 9.47 Å². The highest BCUT2D eigenvalue weighted by Crippen LogP contribution is 2.36. The summed E-state index contributed by atoms with van der Waals surface area (Å²) in [4.78, 5) is 36.4. The van der Waals surface area contributed by atoms with Crippen LogP contribution in [0.4, 0.5) is 0 Å². The molecule has 1 aromatic carbocycles. The van der Waals surface area contributed by atoms with Gasteiger partial charge in [0.2, 0.25) is 0 Å². The van der Waals surface area contributed by atoms with Crippen LogP contribution in [0, 0.1) is 0 Å². The van der Waals surface area contributed by atoms with Gasteiger partial charge in [-0.15, -0.1) is 0 Å². The number of thiocarbonyl (C=S) groups is 1. The maximum absolute atomic E-state index is 12.8. The number of aryl methyl sites for hydroxylation is 1. The normalized spacial score (nSPS) is 17.1. The molecule has 1 saturated heterocycles. The lowest BCUT2D eigenvalue weighted by atomic mass is 10.1. The number of rotatable bonds is 6. The van der Waals surface area contributed by atoms with E-state index in [1.54, 1.807) is 6.08 Å². The summed E-state index contributed by atoms with van der Waals surface area (Å²) in [5.74, 6) is -2.92. The fraction of sp³-hybridized carbons (Fsp3) is 0.222. The van der Waals surface area contributed by atoms with Crippen LogP contribution in [0.1, 0.15) is 18.4 Å². The Morgan fingerprint density at radius 3 is 2.67 bits per heavy atom. The van der Waals surface area contributed by atoms with E-state index in [-0.39, 0.29) is 17.2 Å². The molecule has 2 heterocycles. The first-order valence-corrected chi connectivity index (χ1v) is 9.27. The van der Waals surface area contributed by atoms with Crippen LogP contribution in [-0.2, 0) is 21.4 Å². The second-order valence-corrected chi connectivity index (χ2v) is 7.73. The van der Waals surface area contributed by atoms with Gasteiger partial charge in [0, 0.05) is 36.1 Å². The van der Waals surface area contributed by atoms with Gasteiger partial charge < -0.3 is 14.8 Å². The predicted octanol–water partition coefficient (Wildman–Crippen LogP) is 2.70. The summed E-state index contributed by atoms with van der Waals surface area (Å²) >= 11 is 6.22. The molecule has 1 atom stereocenters. The Balaban J connectivity index is 1.94. The summed E-state index contributed by atoms with van der Waals surface area (Å²) in [5, 5.41) is 19.2. The standard InChI is InChI=1S/C18H16N2O5S2/c1-19-9-10(11-4-2-3-5-12(11)19)8-14-16(23)20(18(26)27-14)13(17(24)25)6-7-15(21)22/h2-5,8-9,13H,6-7H2,1H3,(H,21,22)(H,24,25). The van der Waals surface area contributed by atoms with Crippen molar-refractivity contribution in [2.75, 3.05) is 0 Å². The number of carbonyl (C=O) groups excluding carboxylic acids is 1. The molecule has 0 aliphatic carbocycles. The lowest BCUT2D eigenvalue weighted by molar-refractivity contribution is -0.146. The van der Waals surface area contributed by atoms with Crippen molar-refractivity contribution in [3.63, 3.8) is 0 Å². The van der Waals surface area contributed by atoms with Crippen LogP contribution >= 0.6 is 24.0 Å². The van der Waals surface area contributed by atoms with Crippen molar-refractivity contribution in [2.24, 2.45) is 7.05 Å². The largest absolute Gasteiger partial charge is 0.481 e. The van der Waals surface area contributed by atoms with Gasteiger partial charge in [-0.3, -0.25) is 14.5 Å². The lowest BCUT2D eigenvalue weighted by Gasteiger charge is -2.22. The van der Waals surface area contributed by atoms with E-state index in [2.05, 4.69) is 0 Å². The first kappa shape index (κ1) is 19.1. The first-order chi connectivity index (χ1) is 12.8. The fourth-order valence-corrected chi connectivity index (χ4v) is 4.35. The van der Waals surface area contributed by atoms with Gasteiger partial charge >= 0.3 is 11.9 Å². The second-order valence-electron chi connectivity index (χ2n) is 6.05. The quantitative estimate of drug-likeness (QED) is 0.564. The zero-order chi connectivity index (χ0) is 19.7. The molecule has 7 nitrogen and oxygen atoms in total. The zero-order valence-corrected chi connectivity index (χ0v) is 15.9. The summed E-state index contributed by atoms with van der Waals surface area (Å²) in [6, 6.07) is 6.42. The van der Waals surface area contributed by atoms with Gasteiger partial charge in [-0.2, -0.15) is 0 Å². The Bertz CT molecular complexity index is 995. The maximum Gasteiger partial charge on any atom is 0.326 e. The van der Waals surface area contributed by atoms with Crippen LogP contribution in [0.5, 0.6) is 0 Å². The molecular formula is C18H16N2O5S2. The third-order valence-electron chi connectivity index (χ3n) is 4.27. The number of para-hydroxylation sites is 1. The lowest BCUT2D eigenvalue weighted by Crippen LogP contribution is -2.44. The summed E-state index contributed by atoms with van der Waals surface area (Å²) in [6.45, 7) is 0. The molecule has 1 amide bonds. The SMILES string of the molecule is Cn1cc(C=C2SC(=S)N(C(CCC(=O)O)C(=O)O)C2=O)c2ccccc21. The zero-order valence-electron chi connectivity index (χ0n) is 14.3. The first-order valence-electron chi connectivity index (χ1n) is 8.05. The minimum Gasteiger partial charge on any atom is -0.481 e. The number of fused-ring (bicyclic) bond motifs is 1. The molecule has 9 heteroatoms. The van der Waals surface area contributed by atoms with Crippen LogP contribution in [-0.4, -0.2) is 47.9 Å². The van der Waals surface area contributed by atoms with Crippen molar-refractivity contribution in [3.8, 4) is 0 Å². The number of carbonyl (C=O) groups is 3. The minimum absolute atomic E-state index is 0.115. The maximum atomic E-state index is 12.8. The number of benzene rings is 1. The molecule has 0 spiro atoms. The van der Waals surface area contributed by atoms with Gasteiger partial charge in [-0.05, 0) is 18.6 Å². The van der Waals surface area contributed by atoms with Crippen molar-refractivity contribution >= 4 is 63.1 Å². The third-order valence-corrected chi connectivity index (χ3v) is 5.60. The molecule has 1 fully saturated rings. The van der Waals surface area contributed by atoms with Crippen molar-refractivity contribution in [2.45, 2.75) is 18.9 Å². The molecule has 1 aliphatic rings. The highest BCUT2D eigenvalue weighted by atomic mass is 32.2. The second kappa shape index (κ2) is 7.53. The van der Waals surface area contributed by atoms with Gasteiger partial charge in [0.05, 0.1) is 4.91 Å². The Morgan fingerprint density at radius 1 is 1.30 bits per heavy atom. The smallest absolute Gasteiger partial charge is 0.326 e. The van der Waals surface area contributed by atoms with E-state index in [1.165, 1.54) is 0 Å². The van der Waals surface area contributed by atoms with E-state index < -0.39 is 23.9 Å². The molecule has 27 heavy (non-hydrogen) atoms. The van der Waals surface area contributed by atoms with Crippen LogP contribution in [0.25, 0.3) is 17.0 Å². The summed E-state index contributed by atoms with van der Waals surface area (Å²) in [7, 11) is 1.90. The van der Waals surface area contributed by atoms with E-state index >= 15 is 0 Å². The topological polar surface area (TPSA) is 99.8 Å². The van der Waals surface area contributed by atoms with Crippen LogP contribution in [0.2, 0.25) is 0 Å². The van der Waals surface area contributed by atoms with E-state index in [4.69, 9.17) is 17.3 Å². The van der Waals surface area contributed by atoms with Crippen molar-refractivity contribution in [3.05, 3.63) is 40.9 Å². The van der Waals surface area contributed by atoms with Crippen molar-refractivity contribution < 1.29 is 24.6 Å². The van der Waals surface area contributed by atoms with E-state index in [0.29, 0.717) is 4.91 Å². The molecule has 1 aromatic heterocycles. The van der Waals surface area contributed by atoms with Crippen LogP contribution < -0.4 is 0 Å². The predicted molar refractivity (Wildman–Crippen MR) is 106 cm³/mol. The highest BCUT2D eigenvalue weighted by molar-refractivity contribution is 8.26. The van der Waals surface area contributed by atoms with Gasteiger partial charge in [-0.25, -0.2) is 4.79 Å². The van der Waals surface area contributed by atoms with E-state index in [0.717, 1.165) is 33.1 Å². The number of aliphatic carboxylic acids is 2. The molecular weight excluding hydrogens is 388 g/mol. The summed E-state index contributed by atoms with van der Waals surface area (Å²) < 4.78 is 2.05. The molecule has 0 saturated carbocycles. The number of amides is 1. The van der Waals surface area contributed by atoms with E-state index in [9.17, 15) is 19.5 Å². The number of aromatic nitrogens is 1. The fourth-order valence-electron chi connectivity index (χ4n) is 3.00. The van der Waals surface area contributed by atoms with Gasteiger partial charge in [-0.1, -0.05) is 42.2 Å². The van der Waals surface area contributed by atoms with Gasteiger partial charge in [0.1, 0.15) is 10.4 Å². The number of nitrogens with zero attached hydrogens (tertiary/aromatic N) is 2. The van der Waals surface area contributed by atoms with Gasteiger partial charge in [0.25, 0.3) is 5.91 Å². The highest BCUT2D eigenvalue weighted by Gasteiger charge is 2.40. The Morgan fingerprint density at radius 2 is 2.00 bits per heavy atom. The van der Waals surface area contributed by atoms with Crippen LogP contribution in [0.3, 0.4) is 0 Å². The number of hydrogen-bond donors (Lipinski definition) is 2. The summed E-state index contributed by atoms with van der Waals surface area (Å²) in [5.41, 5.74) is 1.83. The number of carboxylic acids is 2. The third kappa shape index (κ3) is 3.74. The minimum atomic E-state index is -1.30. The average Bonchev–Trinajstić information content (AvgIpc) is 3.06. The molecule has 1 unspecified atom stereocenters. The average molecular weight is 404 g/mol. The van der Waals surface area contributed by atoms with E-state index in [1.807, 2.05) is 42.1 Å². The Kier molecular flexibility index (Phi) is 5.33. The number of hydrogen-bond acceptors (Lipinski definition) is 5. The number of carboxylic acid groups (broad SMARTS) is 2. The molecule has 2 N–H and O–H groups in total. The molecule has 2 aromatic rings. The Hall–Kier alpha value is -2.65. The van der Waals surface area contributed by atoms with Crippen LogP contribution in [0.15, 0.2) is 35.4 Å². The Labute approximate surface area is 164 Å².